The third-order valence-corrected chi connectivity index (χ3v) is 15.4. The number of rotatable bonds is 1. The Hall–Kier alpha value is -6.21. The second-order valence-electron chi connectivity index (χ2n) is 15.5. The molecule has 0 amide bonds. The molecule has 0 bridgehead atoms. The number of hydrogen-bond donors (Lipinski definition) is 0. The van der Waals surface area contributed by atoms with E-state index in [1.165, 1.54) is 104 Å². The van der Waals surface area contributed by atoms with Crippen LogP contribution in [0.15, 0.2) is 168 Å². The van der Waals surface area contributed by atoms with Crippen LogP contribution in [0.2, 0.25) is 0 Å². The van der Waals surface area contributed by atoms with Crippen LogP contribution in [0.1, 0.15) is 5.56 Å². The van der Waals surface area contributed by atoms with E-state index in [0.717, 1.165) is 17.2 Å². The van der Waals surface area contributed by atoms with Gasteiger partial charge in [0.25, 0.3) is 12.0 Å². The van der Waals surface area contributed by atoms with Crippen LogP contribution in [0, 0.1) is 6.92 Å². The van der Waals surface area contributed by atoms with Gasteiger partial charge in [0.15, 0.2) is 0 Å². The molecule has 57 heavy (non-hydrogen) atoms. The van der Waals surface area contributed by atoms with Crippen LogP contribution in [0.25, 0.3) is 55.0 Å². The first-order chi connectivity index (χ1) is 28.2. The van der Waals surface area contributed by atoms with Gasteiger partial charge in [0.2, 0.25) is 0 Å². The van der Waals surface area contributed by atoms with Crippen molar-refractivity contribution in [3.8, 4) is 22.9 Å². The second kappa shape index (κ2) is 11.0. The number of hydrogen-bond acceptors (Lipinski definition) is 4. The van der Waals surface area contributed by atoms with Gasteiger partial charge in [0, 0.05) is 59.4 Å². The average Bonchev–Trinajstić information content (AvgIpc) is 3.65. The lowest BCUT2D eigenvalue weighted by Gasteiger charge is -2.39. The molecule has 6 heterocycles. The van der Waals surface area contributed by atoms with Crippen molar-refractivity contribution in [3.63, 3.8) is 0 Å². The fourth-order valence-electron chi connectivity index (χ4n) is 10.5. The molecule has 0 aliphatic carbocycles. The summed E-state index contributed by atoms with van der Waals surface area (Å²) < 4.78 is 12.3. The van der Waals surface area contributed by atoms with Crippen molar-refractivity contribution in [2.24, 2.45) is 0 Å². The van der Waals surface area contributed by atoms with Crippen LogP contribution in [0.3, 0.4) is 0 Å². The molecule has 0 saturated carbocycles. The molecule has 264 valence electrons. The zero-order valence-electron chi connectivity index (χ0n) is 30.7. The van der Waals surface area contributed by atoms with Crippen molar-refractivity contribution in [1.29, 1.82) is 0 Å². The topological polar surface area (TPSA) is 22.3 Å². The highest BCUT2D eigenvalue weighted by atomic mass is 32.2. The van der Waals surface area contributed by atoms with E-state index in [-0.39, 0.29) is 12.0 Å². The van der Waals surface area contributed by atoms with Crippen LogP contribution in [0.4, 0.5) is 17.1 Å². The van der Waals surface area contributed by atoms with Gasteiger partial charge in [0.1, 0.15) is 11.5 Å². The molecular weight excluding hydrogens is 732 g/mol. The van der Waals surface area contributed by atoms with Crippen LogP contribution in [0.5, 0.6) is 11.5 Å². The fourth-order valence-corrected chi connectivity index (χ4v) is 13.2. The summed E-state index contributed by atoms with van der Waals surface area (Å²) >= 11 is 3.96. The number of fused-ring (bicyclic) bond motifs is 14. The summed E-state index contributed by atoms with van der Waals surface area (Å²) in [6.45, 7) is 2.29. The van der Waals surface area contributed by atoms with Crippen molar-refractivity contribution in [3.05, 3.63) is 163 Å². The SMILES string of the molecule is Cc1c2c(cc3c1N(c1ccccc1)c1ccc4c5ccccc5n5c4c1B3Sc1ccccc1-5)B1Sc3ccccc3-n3c4ccccc4c4ccc(c1c43)O2. The number of nitrogens with zero attached hydrogens (tertiary/aromatic N) is 3. The normalized spacial score (nSPS) is 14.3. The van der Waals surface area contributed by atoms with Crippen molar-refractivity contribution in [1.82, 2.24) is 9.13 Å². The minimum atomic E-state index is 0.0278. The lowest BCUT2D eigenvalue weighted by Crippen LogP contribution is -2.53. The van der Waals surface area contributed by atoms with Gasteiger partial charge in [-0.15, -0.1) is 0 Å². The molecule has 0 unspecified atom stereocenters. The second-order valence-corrected chi connectivity index (χ2v) is 17.8. The van der Waals surface area contributed by atoms with E-state index < -0.39 is 0 Å². The summed E-state index contributed by atoms with van der Waals surface area (Å²) in [5.41, 5.74) is 17.4. The quantitative estimate of drug-likeness (QED) is 0.155. The molecule has 0 atom stereocenters. The monoisotopic (exact) mass is 761 g/mol. The van der Waals surface area contributed by atoms with Crippen LogP contribution < -0.4 is 31.5 Å². The smallest absolute Gasteiger partial charge is 0.291 e. The van der Waals surface area contributed by atoms with Gasteiger partial charge in [-0.1, -0.05) is 91.0 Å². The molecular formula is C49H29B2N3OS2. The van der Waals surface area contributed by atoms with Crippen LogP contribution in [-0.4, -0.2) is 21.1 Å². The number of para-hydroxylation sites is 5. The summed E-state index contributed by atoms with van der Waals surface area (Å²) in [7, 11) is 0. The summed E-state index contributed by atoms with van der Waals surface area (Å²) in [5, 5.41) is 5.11. The first-order valence-electron chi connectivity index (χ1n) is 19.6. The van der Waals surface area contributed by atoms with Crippen LogP contribution >= 0.6 is 23.2 Å². The summed E-state index contributed by atoms with van der Waals surface area (Å²) in [6, 6.07) is 58.4. The van der Waals surface area contributed by atoms with Gasteiger partial charge in [-0.2, -0.15) is 23.2 Å². The maximum Gasteiger partial charge on any atom is 0.291 e. The first-order valence-corrected chi connectivity index (χ1v) is 21.3. The first kappa shape index (κ1) is 30.9. The Morgan fingerprint density at radius 3 is 1.74 bits per heavy atom. The van der Waals surface area contributed by atoms with E-state index in [2.05, 4.69) is 179 Å². The lowest BCUT2D eigenvalue weighted by molar-refractivity contribution is 0.485. The molecule has 8 aromatic carbocycles. The standard InChI is InChI=1S/C49H29B2N3OS2/c1-28-46-34(27-35-49(28)55-41-26-24-33-31-16-6-8-18-37(31)54-39-20-10-12-22-43(39)57-51(35)45(41)48(33)54)50-44-40(52(46)29-13-3-2-4-14-29)25-23-32-30-15-5-7-17-36(30)53(47(32)44)38-19-9-11-21-42(38)56-50/h2-27H,1H3. The number of anilines is 3. The Bertz CT molecular complexity index is 3450. The van der Waals surface area contributed by atoms with Gasteiger partial charge in [-0.05, 0) is 90.0 Å². The molecule has 4 aliphatic rings. The third kappa shape index (κ3) is 3.85. The molecule has 0 saturated heterocycles. The van der Waals surface area contributed by atoms with Crippen LogP contribution in [-0.2, 0) is 0 Å². The molecule has 0 N–H and O–H groups in total. The van der Waals surface area contributed by atoms with E-state index in [4.69, 9.17) is 4.74 Å². The molecule has 8 heteroatoms. The molecule has 0 radical (unpaired) electrons. The van der Waals surface area contributed by atoms with Crippen molar-refractivity contribution in [2.45, 2.75) is 16.7 Å². The highest BCUT2D eigenvalue weighted by Gasteiger charge is 2.45. The molecule has 10 aromatic rings. The Morgan fingerprint density at radius 2 is 1.05 bits per heavy atom. The minimum absolute atomic E-state index is 0.0278. The summed E-state index contributed by atoms with van der Waals surface area (Å²) in [4.78, 5) is 5.08. The molecule has 2 aromatic heterocycles. The molecule has 4 aliphatic heterocycles. The van der Waals surface area contributed by atoms with E-state index in [0.29, 0.717) is 0 Å². The maximum atomic E-state index is 7.27. The van der Waals surface area contributed by atoms with Gasteiger partial charge in [-0.3, -0.25) is 0 Å². The minimum Gasteiger partial charge on any atom is -0.458 e. The summed E-state index contributed by atoms with van der Waals surface area (Å²) in [6.07, 6.45) is 0. The fraction of sp³-hybridized carbons (Fsp3) is 0.0204. The highest BCUT2D eigenvalue weighted by Crippen LogP contribution is 2.50. The van der Waals surface area contributed by atoms with Gasteiger partial charge < -0.3 is 18.8 Å². The Balaban J connectivity index is 1.11. The number of aromatic nitrogens is 2. The van der Waals surface area contributed by atoms with Gasteiger partial charge in [0.05, 0.1) is 33.4 Å². The van der Waals surface area contributed by atoms with Crippen molar-refractivity contribution >= 4 is 118 Å². The molecule has 4 nitrogen and oxygen atoms in total. The van der Waals surface area contributed by atoms with Gasteiger partial charge in [-0.25, -0.2) is 0 Å². The molecule has 0 fully saturated rings. The Kier molecular flexibility index (Phi) is 5.97. The van der Waals surface area contributed by atoms with E-state index in [1.54, 1.807) is 0 Å². The van der Waals surface area contributed by atoms with Crippen molar-refractivity contribution in [2.75, 3.05) is 4.90 Å². The average molecular weight is 762 g/mol. The Morgan fingerprint density at radius 1 is 0.491 bits per heavy atom. The molecule has 14 rings (SSSR count). The third-order valence-electron chi connectivity index (χ3n) is 12.7. The highest BCUT2D eigenvalue weighted by molar-refractivity contribution is 8.28. The number of benzene rings is 8. The van der Waals surface area contributed by atoms with E-state index >= 15 is 0 Å². The number of ether oxygens (including phenoxy) is 1. The summed E-state index contributed by atoms with van der Waals surface area (Å²) in [5.74, 6) is 1.98. The zero-order chi connectivity index (χ0) is 37.1. The zero-order valence-corrected chi connectivity index (χ0v) is 32.4. The van der Waals surface area contributed by atoms with Crippen molar-refractivity contribution < 1.29 is 4.74 Å². The maximum absolute atomic E-state index is 7.27. The molecule has 0 spiro atoms. The largest absolute Gasteiger partial charge is 0.458 e. The van der Waals surface area contributed by atoms with E-state index in [1.807, 2.05) is 23.2 Å². The predicted octanol–water partition coefficient (Wildman–Crippen LogP) is 10.5. The van der Waals surface area contributed by atoms with Gasteiger partial charge >= 0.3 is 0 Å². The Labute approximate surface area is 337 Å². The predicted molar refractivity (Wildman–Crippen MR) is 243 cm³/mol. The van der Waals surface area contributed by atoms with E-state index in [9.17, 15) is 0 Å². The lowest BCUT2D eigenvalue weighted by atomic mass is 9.53.